The molecule has 0 saturated carbocycles. The normalized spacial score (nSPS) is 13.4. The highest BCUT2D eigenvalue weighted by Crippen LogP contribution is 2.20. The first kappa shape index (κ1) is 16.8. The van der Waals surface area contributed by atoms with Crippen molar-refractivity contribution in [3.63, 3.8) is 0 Å². The predicted octanol–water partition coefficient (Wildman–Crippen LogP) is 2.55. The van der Waals surface area contributed by atoms with Gasteiger partial charge in [-0.25, -0.2) is 4.98 Å². The molecule has 1 heterocycles. The van der Waals surface area contributed by atoms with Crippen molar-refractivity contribution >= 4 is 17.7 Å². The summed E-state index contributed by atoms with van der Waals surface area (Å²) in [6, 6.07) is 9.50. The molecular formula is C18H21N3O2S. The van der Waals surface area contributed by atoms with Crippen molar-refractivity contribution in [3.05, 3.63) is 57.5 Å². The fraction of sp³-hybridized carbons (Fsp3) is 0.389. The van der Waals surface area contributed by atoms with Crippen LogP contribution in [-0.4, -0.2) is 21.3 Å². The summed E-state index contributed by atoms with van der Waals surface area (Å²) in [5.74, 6) is 0.582. The number of aromatic nitrogens is 2. The van der Waals surface area contributed by atoms with Crippen molar-refractivity contribution < 1.29 is 4.79 Å². The van der Waals surface area contributed by atoms with E-state index in [4.69, 9.17) is 0 Å². The van der Waals surface area contributed by atoms with E-state index in [1.165, 1.54) is 16.4 Å². The number of fused-ring (bicyclic) bond motifs is 1. The zero-order valence-corrected chi connectivity index (χ0v) is 14.6. The van der Waals surface area contributed by atoms with Crippen LogP contribution in [0.3, 0.4) is 0 Å². The van der Waals surface area contributed by atoms with Crippen LogP contribution in [0.15, 0.2) is 40.3 Å². The molecule has 1 aromatic carbocycles. The number of nitrogens with zero attached hydrogens (tertiary/aromatic N) is 2. The van der Waals surface area contributed by atoms with Crippen LogP contribution in [0.1, 0.15) is 36.6 Å². The fourth-order valence-electron chi connectivity index (χ4n) is 2.90. The summed E-state index contributed by atoms with van der Waals surface area (Å²) < 4.78 is 1.34. The third-order valence-corrected chi connectivity index (χ3v) is 4.86. The average molecular weight is 343 g/mol. The van der Waals surface area contributed by atoms with Gasteiger partial charge in [-0.2, -0.15) is 4.68 Å². The third kappa shape index (κ3) is 3.70. The molecule has 2 aromatic rings. The Balaban J connectivity index is 1.88. The number of benzene rings is 1. The number of carbonyl (C=O) groups is 1. The van der Waals surface area contributed by atoms with E-state index >= 15 is 0 Å². The molecule has 5 nitrogen and oxygen atoms in total. The zero-order valence-electron chi connectivity index (χ0n) is 13.7. The minimum absolute atomic E-state index is 0.128. The molecule has 0 fully saturated rings. The Kier molecular flexibility index (Phi) is 5.35. The lowest BCUT2D eigenvalue weighted by Gasteiger charge is -2.19. The second-order valence-corrected chi connectivity index (χ2v) is 7.03. The topological polar surface area (TPSA) is 64.0 Å². The van der Waals surface area contributed by atoms with E-state index in [0.717, 1.165) is 48.3 Å². The van der Waals surface area contributed by atoms with Gasteiger partial charge in [0.2, 0.25) is 5.91 Å². The van der Waals surface area contributed by atoms with Gasteiger partial charge in [0.1, 0.15) is 0 Å². The van der Waals surface area contributed by atoms with Crippen molar-refractivity contribution in [2.24, 2.45) is 0 Å². The number of rotatable bonds is 5. The minimum atomic E-state index is -0.209. The highest BCUT2D eigenvalue weighted by Gasteiger charge is 2.20. The summed E-state index contributed by atoms with van der Waals surface area (Å²) in [5, 5.41) is 0.574. The maximum absolute atomic E-state index is 12.8. The van der Waals surface area contributed by atoms with Crippen molar-refractivity contribution in [1.29, 1.82) is 0 Å². The molecule has 0 saturated heterocycles. The molecule has 126 valence electrons. The first-order valence-corrected chi connectivity index (χ1v) is 9.29. The van der Waals surface area contributed by atoms with Crippen molar-refractivity contribution in [2.45, 2.75) is 44.2 Å². The second kappa shape index (κ2) is 7.66. The highest BCUT2D eigenvalue weighted by atomic mass is 32.2. The lowest BCUT2D eigenvalue weighted by Crippen LogP contribution is -2.39. The van der Waals surface area contributed by atoms with Gasteiger partial charge in [-0.15, -0.1) is 0 Å². The molecule has 1 aliphatic carbocycles. The molecule has 6 heteroatoms. The van der Waals surface area contributed by atoms with Crippen LogP contribution in [0.4, 0.5) is 0 Å². The zero-order chi connectivity index (χ0) is 16.9. The number of hydrogen-bond donors (Lipinski definition) is 1. The quantitative estimate of drug-likeness (QED) is 0.669. The third-order valence-electron chi connectivity index (χ3n) is 4.04. The summed E-state index contributed by atoms with van der Waals surface area (Å²) in [7, 11) is 0. The summed E-state index contributed by atoms with van der Waals surface area (Å²) in [6.07, 6.45) is 3.90. The molecule has 0 aliphatic heterocycles. The standard InChI is InChI=1S/C18H21N3O2S/c1-2-24-18-19-15-11-7-6-10-14(15)17(23)21(18)20-16(22)12-13-8-4-3-5-9-13/h3-5,8-9H,2,6-7,10-12H2,1H3,(H,20,22). The molecular weight excluding hydrogens is 322 g/mol. The molecule has 0 spiro atoms. The van der Waals surface area contributed by atoms with Crippen LogP contribution in [0.2, 0.25) is 0 Å². The second-order valence-electron chi connectivity index (χ2n) is 5.80. The first-order valence-electron chi connectivity index (χ1n) is 8.30. The molecule has 1 N–H and O–H groups in total. The van der Waals surface area contributed by atoms with Gasteiger partial charge in [-0.3, -0.25) is 15.0 Å². The van der Waals surface area contributed by atoms with Gasteiger partial charge in [0.25, 0.3) is 5.56 Å². The molecule has 1 amide bonds. The molecule has 1 aliphatic rings. The fourth-order valence-corrected chi connectivity index (χ4v) is 3.59. The van der Waals surface area contributed by atoms with Gasteiger partial charge in [-0.05, 0) is 37.0 Å². The minimum Gasteiger partial charge on any atom is -0.273 e. The Morgan fingerprint density at radius 1 is 1.25 bits per heavy atom. The molecule has 3 rings (SSSR count). The average Bonchev–Trinajstić information content (AvgIpc) is 2.59. The van der Waals surface area contributed by atoms with E-state index in [-0.39, 0.29) is 17.9 Å². The molecule has 0 atom stereocenters. The van der Waals surface area contributed by atoms with Crippen LogP contribution in [0.5, 0.6) is 0 Å². The largest absolute Gasteiger partial charge is 0.276 e. The Hall–Kier alpha value is -2.08. The SMILES string of the molecule is CCSc1nc2c(c(=O)n1NC(=O)Cc1ccccc1)CCCC2. The van der Waals surface area contributed by atoms with Gasteiger partial charge >= 0.3 is 0 Å². The van der Waals surface area contributed by atoms with Crippen molar-refractivity contribution in [1.82, 2.24) is 9.66 Å². The Morgan fingerprint density at radius 2 is 2.00 bits per heavy atom. The maximum atomic E-state index is 12.8. The summed E-state index contributed by atoms with van der Waals surface area (Å²) in [6.45, 7) is 2.01. The number of thioether (sulfide) groups is 1. The predicted molar refractivity (Wildman–Crippen MR) is 96.1 cm³/mol. The summed E-state index contributed by atoms with van der Waals surface area (Å²) in [5.41, 5.74) is 5.18. The molecule has 0 bridgehead atoms. The molecule has 0 unspecified atom stereocenters. The Morgan fingerprint density at radius 3 is 2.75 bits per heavy atom. The molecule has 0 radical (unpaired) electrons. The lowest BCUT2D eigenvalue weighted by atomic mass is 9.97. The van der Waals surface area contributed by atoms with E-state index < -0.39 is 0 Å². The Bertz CT molecular complexity index is 787. The Labute approximate surface area is 145 Å². The number of hydrogen-bond acceptors (Lipinski definition) is 4. The van der Waals surface area contributed by atoms with E-state index in [0.29, 0.717) is 5.16 Å². The van der Waals surface area contributed by atoms with Gasteiger partial charge in [0, 0.05) is 5.56 Å². The number of amides is 1. The van der Waals surface area contributed by atoms with Crippen LogP contribution in [0, 0.1) is 0 Å². The summed E-state index contributed by atoms with van der Waals surface area (Å²) >= 11 is 1.47. The number of nitrogens with one attached hydrogen (secondary N) is 1. The van der Waals surface area contributed by atoms with Crippen LogP contribution < -0.4 is 11.0 Å². The van der Waals surface area contributed by atoms with Crippen LogP contribution in [-0.2, 0) is 24.1 Å². The van der Waals surface area contributed by atoms with Crippen molar-refractivity contribution in [2.75, 3.05) is 11.2 Å². The van der Waals surface area contributed by atoms with Gasteiger partial charge in [0.05, 0.1) is 12.1 Å². The first-order chi connectivity index (χ1) is 11.7. The molecule has 24 heavy (non-hydrogen) atoms. The van der Waals surface area contributed by atoms with Gasteiger partial charge < -0.3 is 0 Å². The number of carbonyl (C=O) groups excluding carboxylic acids is 1. The van der Waals surface area contributed by atoms with E-state index in [1.807, 2.05) is 37.3 Å². The maximum Gasteiger partial charge on any atom is 0.276 e. The number of aryl methyl sites for hydroxylation is 1. The highest BCUT2D eigenvalue weighted by molar-refractivity contribution is 7.99. The van der Waals surface area contributed by atoms with Gasteiger partial charge in [-0.1, -0.05) is 49.0 Å². The smallest absolute Gasteiger partial charge is 0.273 e. The van der Waals surface area contributed by atoms with E-state index in [1.54, 1.807) is 0 Å². The van der Waals surface area contributed by atoms with E-state index in [9.17, 15) is 9.59 Å². The monoisotopic (exact) mass is 343 g/mol. The van der Waals surface area contributed by atoms with Gasteiger partial charge in [0.15, 0.2) is 5.16 Å². The van der Waals surface area contributed by atoms with Crippen molar-refractivity contribution in [3.8, 4) is 0 Å². The van der Waals surface area contributed by atoms with Crippen LogP contribution >= 0.6 is 11.8 Å². The summed E-state index contributed by atoms with van der Waals surface area (Å²) in [4.78, 5) is 29.8. The molecule has 1 aromatic heterocycles. The lowest BCUT2D eigenvalue weighted by molar-refractivity contribution is -0.116. The van der Waals surface area contributed by atoms with Crippen LogP contribution in [0.25, 0.3) is 0 Å². The van der Waals surface area contributed by atoms with E-state index in [2.05, 4.69) is 10.4 Å².